The molecule has 0 amide bonds. The lowest BCUT2D eigenvalue weighted by molar-refractivity contribution is -0.571. The van der Waals surface area contributed by atoms with Crippen LogP contribution >= 0.6 is 0 Å². The van der Waals surface area contributed by atoms with Crippen LogP contribution in [0.2, 0.25) is 0 Å². The van der Waals surface area contributed by atoms with Crippen LogP contribution in [-0.2, 0) is 0 Å². The minimum atomic E-state index is -0.719. The monoisotopic (exact) mass is 690 g/mol. The van der Waals surface area contributed by atoms with Gasteiger partial charge in [0.25, 0.3) is 6.33 Å². The van der Waals surface area contributed by atoms with Crippen molar-refractivity contribution in [3.05, 3.63) is 188 Å². The van der Waals surface area contributed by atoms with E-state index in [2.05, 4.69) is 6.33 Å². The first-order valence-corrected chi connectivity index (χ1v) is 16.8. The van der Waals surface area contributed by atoms with Crippen molar-refractivity contribution in [1.82, 2.24) is 14.1 Å². The molecule has 10 aromatic rings. The molecule has 11 rings (SSSR count). The maximum atomic E-state index is 9.72. The molecule has 0 spiro atoms. The second kappa shape index (κ2) is 11.7. The first-order valence-electron chi connectivity index (χ1n) is 22.8. The first-order chi connectivity index (χ1) is 31.3. The van der Waals surface area contributed by atoms with Crippen LogP contribution in [0.15, 0.2) is 182 Å². The zero-order valence-electron chi connectivity index (χ0n) is 39.6. The fraction of sp³-hybridized carbons (Fsp3) is 0. The van der Waals surface area contributed by atoms with Crippen LogP contribution in [0.1, 0.15) is 16.4 Å². The van der Waals surface area contributed by atoms with Crippen molar-refractivity contribution in [1.29, 1.82) is 0 Å². The number of nitrogens with zero attached hydrogens (tertiary/aromatic N) is 4. The normalized spacial score (nSPS) is 15.1. The number of aromatic nitrogens is 4. The Morgan fingerprint density at radius 2 is 1.30 bits per heavy atom. The molecule has 8 bridgehead atoms. The van der Waals surface area contributed by atoms with Crippen molar-refractivity contribution in [2.75, 3.05) is 0 Å². The molecule has 1 aliphatic rings. The highest BCUT2D eigenvalue weighted by atomic mass is 16.5. The van der Waals surface area contributed by atoms with Crippen LogP contribution in [0.4, 0.5) is 0 Å². The van der Waals surface area contributed by atoms with Gasteiger partial charge in [0.15, 0.2) is 0 Å². The summed E-state index contributed by atoms with van der Waals surface area (Å²) >= 11 is 0. The van der Waals surface area contributed by atoms with E-state index < -0.39 is 78.1 Å². The van der Waals surface area contributed by atoms with Gasteiger partial charge in [-0.1, -0.05) is 127 Å². The molecule has 7 aromatic carbocycles. The Morgan fingerprint density at radius 3 is 2.23 bits per heavy atom. The van der Waals surface area contributed by atoms with Crippen LogP contribution < -0.4 is 9.30 Å². The molecule has 0 aliphatic carbocycles. The van der Waals surface area contributed by atoms with Gasteiger partial charge in [-0.25, -0.2) is 4.98 Å². The Balaban J connectivity index is 1.39. The molecule has 0 unspecified atom stereocenters. The van der Waals surface area contributed by atoms with Crippen molar-refractivity contribution >= 4 is 32.8 Å². The van der Waals surface area contributed by atoms with Gasteiger partial charge in [-0.15, -0.1) is 0 Å². The van der Waals surface area contributed by atoms with Crippen molar-refractivity contribution in [3.63, 3.8) is 0 Å². The van der Waals surface area contributed by atoms with Gasteiger partial charge in [-0.2, -0.15) is 0 Å². The minimum absolute atomic E-state index is 0.0755. The van der Waals surface area contributed by atoms with Gasteiger partial charge in [0.2, 0.25) is 0 Å². The molecule has 3 aromatic heterocycles. The minimum Gasteiger partial charge on any atom is -0.458 e. The zero-order chi connectivity index (χ0) is 45.3. The summed E-state index contributed by atoms with van der Waals surface area (Å²) in [7, 11) is 0. The van der Waals surface area contributed by atoms with E-state index in [0.717, 1.165) is 21.8 Å². The van der Waals surface area contributed by atoms with E-state index in [0.29, 0.717) is 34.0 Å². The summed E-state index contributed by atoms with van der Waals surface area (Å²) in [6.45, 7) is 0. The van der Waals surface area contributed by atoms with Crippen LogP contribution in [-0.4, -0.2) is 14.1 Å². The molecule has 5 heteroatoms. The average molecular weight is 691 g/mol. The van der Waals surface area contributed by atoms with Crippen LogP contribution in [0.3, 0.4) is 0 Å². The highest BCUT2D eigenvalue weighted by Gasteiger charge is 2.22. The molecule has 0 fully saturated rings. The number of fused-ring (bicyclic) bond motifs is 20. The van der Waals surface area contributed by atoms with Gasteiger partial charge in [-0.3, -0.25) is 13.7 Å². The van der Waals surface area contributed by atoms with Gasteiger partial charge in [-0.05, 0) is 70.8 Å². The Bertz CT molecular complexity index is 3720. The van der Waals surface area contributed by atoms with Crippen molar-refractivity contribution in [2.45, 2.75) is 0 Å². The van der Waals surface area contributed by atoms with E-state index >= 15 is 0 Å². The zero-order valence-corrected chi connectivity index (χ0v) is 27.6. The van der Waals surface area contributed by atoms with Crippen molar-refractivity contribution in [2.24, 2.45) is 0 Å². The number of hydrogen-bond acceptors (Lipinski definition) is 2. The van der Waals surface area contributed by atoms with Gasteiger partial charge >= 0.3 is 0 Å². The summed E-state index contributed by atoms with van der Waals surface area (Å²) in [5.74, 6) is 1.36. The molecule has 4 heterocycles. The molecule has 5 nitrogen and oxygen atoms in total. The van der Waals surface area contributed by atoms with Gasteiger partial charge in [0.1, 0.15) is 17.3 Å². The maximum Gasteiger partial charge on any atom is 0.269 e. The topological polar surface area (TPSA) is 35.9 Å². The molecule has 1 aliphatic heterocycles. The van der Waals surface area contributed by atoms with E-state index in [1.807, 2.05) is 53.1 Å². The molecule has 0 saturated heterocycles. The van der Waals surface area contributed by atoms with E-state index in [9.17, 15) is 6.85 Å². The highest BCUT2D eigenvalue weighted by Crippen LogP contribution is 2.40. The largest absolute Gasteiger partial charge is 0.458 e. The summed E-state index contributed by atoms with van der Waals surface area (Å²) in [6.07, 6.45) is 3.34. The third-order valence-corrected chi connectivity index (χ3v) is 9.50. The molecular weight excluding hydrogens is 649 g/mol. The third kappa shape index (κ3) is 4.64. The predicted octanol–water partition coefficient (Wildman–Crippen LogP) is 11.3. The van der Waals surface area contributed by atoms with Crippen LogP contribution in [0.25, 0.3) is 83.5 Å². The fourth-order valence-electron chi connectivity index (χ4n) is 7.24. The lowest BCUT2D eigenvalue weighted by Crippen LogP contribution is -2.31. The number of rotatable bonds is 1. The molecule has 53 heavy (non-hydrogen) atoms. The highest BCUT2D eigenvalue weighted by molar-refractivity contribution is 6.09. The third-order valence-electron chi connectivity index (χ3n) is 9.50. The molecule has 248 valence electrons. The SMILES string of the molecule is [2H]c1c([2H])c([2H])c(-c2c([2H])c([2H])c([2H])c3c2-[n+]2[c-]n(c4ccccc42)-c2cccc(c2)Oc2ccc4c5ccccc5n(c4c2)-c2cccc(n2)-c2c([2H])c([2H])c([2H])c([2H])c2-3)c([2H])c1[2H]. The van der Waals surface area contributed by atoms with E-state index in [1.165, 1.54) is 4.57 Å². The van der Waals surface area contributed by atoms with Crippen LogP contribution in [0, 0.1) is 6.33 Å². The summed E-state index contributed by atoms with van der Waals surface area (Å²) < 4.78 is 121. The first kappa shape index (κ1) is 20.0. The number of benzene rings is 7. The van der Waals surface area contributed by atoms with E-state index in [-0.39, 0.29) is 33.6 Å². The Labute approximate surface area is 322 Å². The smallest absolute Gasteiger partial charge is 0.269 e. The molecule has 0 radical (unpaired) electrons. The molecule has 0 N–H and O–H groups in total. The van der Waals surface area contributed by atoms with Crippen molar-refractivity contribution in [3.8, 4) is 62.2 Å². The number of para-hydroxylation sites is 4. The number of ether oxygens (including phenoxy) is 1. The standard InChI is InChI=1S/C48H30N4O/c1-2-13-32(14-3-1)36-20-11-21-41-37-17-4-5-18-38(37)42-22-12-26-47(49-42)52-43-23-7-6-19-39(43)40-28-27-35(30-46(40)52)53-34-16-10-15-33(29-34)50-31-51(48(36)41)45-25-9-8-24-44(45)50/h1-30H/i1D,2D,3D,4D,5D,11D,13D,14D,17D,18D,20D,21D. The van der Waals surface area contributed by atoms with Gasteiger partial charge in [0, 0.05) is 22.4 Å². The van der Waals surface area contributed by atoms with Crippen molar-refractivity contribution < 1.29 is 25.8 Å². The van der Waals surface area contributed by atoms with Gasteiger partial charge < -0.3 is 4.74 Å². The Kier molecular flexibility index (Phi) is 4.39. The van der Waals surface area contributed by atoms with Crippen LogP contribution in [0.5, 0.6) is 11.5 Å². The maximum absolute atomic E-state index is 9.72. The predicted molar refractivity (Wildman–Crippen MR) is 212 cm³/mol. The summed E-state index contributed by atoms with van der Waals surface area (Å²) in [4.78, 5) is 5.10. The number of pyridine rings is 1. The van der Waals surface area contributed by atoms with E-state index in [4.69, 9.17) is 19.3 Å². The summed E-state index contributed by atoms with van der Waals surface area (Å²) in [5.41, 5.74) is 1.40. The Morgan fingerprint density at radius 1 is 0.566 bits per heavy atom. The van der Waals surface area contributed by atoms with E-state index in [1.54, 1.807) is 65.2 Å². The number of imidazole rings is 1. The fourth-order valence-corrected chi connectivity index (χ4v) is 7.24. The Hall–Kier alpha value is -7.24. The molecule has 0 saturated carbocycles. The lowest BCUT2D eigenvalue weighted by atomic mass is 9.92. The quantitative estimate of drug-likeness (QED) is 0.127. The summed E-state index contributed by atoms with van der Waals surface area (Å²) in [6, 6.07) is 25.0. The summed E-state index contributed by atoms with van der Waals surface area (Å²) in [5, 5.41) is 1.81. The lowest BCUT2D eigenvalue weighted by Gasteiger charge is -2.19. The molecule has 0 atom stereocenters. The second-order valence-electron chi connectivity index (χ2n) is 12.5. The average Bonchev–Trinajstić information content (AvgIpc) is 3.86. The van der Waals surface area contributed by atoms with Gasteiger partial charge in [0.05, 0.1) is 55.6 Å². The number of hydrogen-bond donors (Lipinski definition) is 0. The second-order valence-corrected chi connectivity index (χ2v) is 12.5. The molecular formula is C48H30N4O.